The van der Waals surface area contributed by atoms with Crippen LogP contribution in [-0.4, -0.2) is 9.97 Å². The van der Waals surface area contributed by atoms with Crippen LogP contribution < -0.4 is 5.32 Å². The lowest BCUT2D eigenvalue weighted by Crippen LogP contribution is -2.02. The number of nitrogens with zero attached hydrogens (tertiary/aromatic N) is 2. The van der Waals surface area contributed by atoms with Crippen LogP contribution in [0.2, 0.25) is 0 Å². The lowest BCUT2D eigenvalue weighted by atomic mass is 10.3. The van der Waals surface area contributed by atoms with Gasteiger partial charge in [-0.2, -0.15) is 0 Å². The van der Waals surface area contributed by atoms with Gasteiger partial charge in [0, 0.05) is 5.69 Å². The number of halogens is 1. The van der Waals surface area contributed by atoms with Crippen molar-refractivity contribution in [2.45, 2.75) is 13.8 Å². The Balaban J connectivity index is 2.35. The summed E-state index contributed by atoms with van der Waals surface area (Å²) in [6.45, 7) is 3.89. The number of rotatable bonds is 2. The number of aryl methyl sites for hydroxylation is 2. The maximum atomic E-state index is 4.40. The summed E-state index contributed by atoms with van der Waals surface area (Å²) < 4.78 is 1.06. The van der Waals surface area contributed by atoms with Crippen molar-refractivity contribution >= 4 is 34.1 Å². The van der Waals surface area contributed by atoms with Gasteiger partial charge in [-0.05, 0) is 48.6 Å². The zero-order chi connectivity index (χ0) is 11.5. The van der Waals surface area contributed by atoms with E-state index in [-0.39, 0.29) is 0 Å². The van der Waals surface area contributed by atoms with Crippen molar-refractivity contribution in [2.75, 3.05) is 5.32 Å². The van der Waals surface area contributed by atoms with Gasteiger partial charge in [0.05, 0.1) is 9.26 Å². The number of benzene rings is 1. The summed E-state index contributed by atoms with van der Waals surface area (Å²) in [5.41, 5.74) is 2.05. The second kappa shape index (κ2) is 4.78. The average Bonchev–Trinajstić information content (AvgIpc) is 2.27. The molecule has 3 nitrogen and oxygen atoms in total. The molecule has 0 spiro atoms. The van der Waals surface area contributed by atoms with Gasteiger partial charge in [0.15, 0.2) is 0 Å². The molecule has 1 aromatic carbocycles. The van der Waals surface area contributed by atoms with Crippen LogP contribution >= 0.6 is 22.6 Å². The number of anilines is 2. The van der Waals surface area contributed by atoms with Crippen LogP contribution in [0.1, 0.15) is 11.5 Å². The Bertz CT molecular complexity index is 497. The van der Waals surface area contributed by atoms with E-state index in [1.807, 2.05) is 44.2 Å². The van der Waals surface area contributed by atoms with Crippen molar-refractivity contribution in [1.29, 1.82) is 0 Å². The molecule has 1 heterocycles. The third-order valence-corrected chi connectivity index (χ3v) is 3.46. The normalized spacial score (nSPS) is 10.2. The minimum atomic E-state index is 0.788. The standard InChI is InChI=1S/C12H12IN3/c1-8-11(13)12(15-9(2)14-8)16-10-6-4-3-5-7-10/h3-7H,1-2H3,(H,14,15,16). The van der Waals surface area contributed by atoms with E-state index in [9.17, 15) is 0 Å². The molecule has 0 saturated heterocycles. The lowest BCUT2D eigenvalue weighted by Gasteiger charge is -2.09. The molecule has 0 fully saturated rings. The van der Waals surface area contributed by atoms with Crippen molar-refractivity contribution in [2.24, 2.45) is 0 Å². The van der Waals surface area contributed by atoms with E-state index in [4.69, 9.17) is 0 Å². The predicted molar refractivity (Wildman–Crippen MR) is 73.9 cm³/mol. The molecule has 0 atom stereocenters. The number of hydrogen-bond donors (Lipinski definition) is 1. The Morgan fingerprint density at radius 3 is 2.44 bits per heavy atom. The van der Waals surface area contributed by atoms with Crippen molar-refractivity contribution in [3.05, 3.63) is 45.4 Å². The fourth-order valence-electron chi connectivity index (χ4n) is 1.44. The molecule has 16 heavy (non-hydrogen) atoms. The second-order valence-corrected chi connectivity index (χ2v) is 4.59. The van der Waals surface area contributed by atoms with Crippen molar-refractivity contribution < 1.29 is 0 Å². The smallest absolute Gasteiger partial charge is 0.147 e. The minimum absolute atomic E-state index is 0.788. The van der Waals surface area contributed by atoms with Gasteiger partial charge in [-0.1, -0.05) is 18.2 Å². The van der Waals surface area contributed by atoms with E-state index in [0.29, 0.717) is 0 Å². The van der Waals surface area contributed by atoms with E-state index < -0.39 is 0 Å². The quantitative estimate of drug-likeness (QED) is 0.860. The first-order valence-electron chi connectivity index (χ1n) is 4.99. The summed E-state index contributed by atoms with van der Waals surface area (Å²) in [7, 11) is 0. The summed E-state index contributed by atoms with van der Waals surface area (Å²) in [5, 5.41) is 3.30. The molecule has 1 N–H and O–H groups in total. The van der Waals surface area contributed by atoms with Crippen LogP contribution in [0.3, 0.4) is 0 Å². The van der Waals surface area contributed by atoms with Crippen molar-refractivity contribution in [1.82, 2.24) is 9.97 Å². The number of aromatic nitrogens is 2. The van der Waals surface area contributed by atoms with Crippen LogP contribution in [0.25, 0.3) is 0 Å². The zero-order valence-corrected chi connectivity index (χ0v) is 11.3. The summed E-state index contributed by atoms with van der Waals surface area (Å²) in [6.07, 6.45) is 0. The van der Waals surface area contributed by atoms with Crippen LogP contribution in [0.5, 0.6) is 0 Å². The maximum absolute atomic E-state index is 4.40. The number of hydrogen-bond acceptors (Lipinski definition) is 3. The molecule has 0 saturated carbocycles. The summed E-state index contributed by atoms with van der Waals surface area (Å²) >= 11 is 2.26. The van der Waals surface area contributed by atoms with Crippen LogP contribution in [0.4, 0.5) is 11.5 Å². The van der Waals surface area contributed by atoms with E-state index in [0.717, 1.165) is 26.6 Å². The van der Waals surface area contributed by atoms with Crippen molar-refractivity contribution in [3.8, 4) is 0 Å². The first kappa shape index (κ1) is 11.3. The molecular formula is C12H12IN3. The Labute approximate surface area is 108 Å². The Kier molecular flexibility index (Phi) is 3.38. The number of para-hydroxylation sites is 1. The third-order valence-electron chi connectivity index (χ3n) is 2.17. The van der Waals surface area contributed by atoms with Crippen LogP contribution in [0.15, 0.2) is 30.3 Å². The molecule has 0 radical (unpaired) electrons. The monoisotopic (exact) mass is 325 g/mol. The van der Waals surface area contributed by atoms with Gasteiger partial charge < -0.3 is 5.32 Å². The van der Waals surface area contributed by atoms with Crippen LogP contribution in [-0.2, 0) is 0 Å². The molecule has 2 rings (SSSR count). The highest BCUT2D eigenvalue weighted by molar-refractivity contribution is 14.1. The molecule has 1 aromatic heterocycles. The molecule has 0 aliphatic carbocycles. The molecule has 4 heteroatoms. The average molecular weight is 325 g/mol. The SMILES string of the molecule is Cc1nc(C)c(I)c(Nc2ccccc2)n1. The van der Waals surface area contributed by atoms with E-state index in [1.165, 1.54) is 0 Å². The largest absolute Gasteiger partial charge is 0.339 e. The van der Waals surface area contributed by atoms with Gasteiger partial charge in [-0.15, -0.1) is 0 Å². The Morgan fingerprint density at radius 2 is 1.75 bits per heavy atom. The Hall–Kier alpha value is -1.17. The van der Waals surface area contributed by atoms with E-state index >= 15 is 0 Å². The summed E-state index contributed by atoms with van der Waals surface area (Å²) in [4.78, 5) is 8.72. The molecule has 0 unspecified atom stereocenters. The fourth-order valence-corrected chi connectivity index (χ4v) is 1.82. The van der Waals surface area contributed by atoms with Crippen molar-refractivity contribution in [3.63, 3.8) is 0 Å². The topological polar surface area (TPSA) is 37.8 Å². The highest BCUT2D eigenvalue weighted by Crippen LogP contribution is 2.22. The molecule has 82 valence electrons. The van der Waals surface area contributed by atoms with E-state index in [2.05, 4.69) is 37.9 Å². The highest BCUT2D eigenvalue weighted by Gasteiger charge is 2.06. The minimum Gasteiger partial charge on any atom is -0.339 e. The van der Waals surface area contributed by atoms with Gasteiger partial charge in [0.1, 0.15) is 11.6 Å². The van der Waals surface area contributed by atoms with Gasteiger partial charge in [-0.25, -0.2) is 9.97 Å². The molecule has 2 aromatic rings. The highest BCUT2D eigenvalue weighted by atomic mass is 127. The van der Waals surface area contributed by atoms with Crippen LogP contribution in [0, 0.1) is 17.4 Å². The number of nitrogens with one attached hydrogen (secondary N) is 1. The molecule has 0 aliphatic heterocycles. The first-order chi connectivity index (χ1) is 7.66. The third kappa shape index (κ3) is 2.49. The predicted octanol–water partition coefficient (Wildman–Crippen LogP) is 3.44. The zero-order valence-electron chi connectivity index (χ0n) is 9.16. The molecule has 0 bridgehead atoms. The van der Waals surface area contributed by atoms with E-state index in [1.54, 1.807) is 0 Å². The summed E-state index contributed by atoms with van der Waals surface area (Å²) in [5.74, 6) is 1.66. The van der Waals surface area contributed by atoms with Gasteiger partial charge in [0.2, 0.25) is 0 Å². The molecule has 0 aliphatic rings. The van der Waals surface area contributed by atoms with Gasteiger partial charge >= 0.3 is 0 Å². The summed E-state index contributed by atoms with van der Waals surface area (Å²) in [6, 6.07) is 10.0. The van der Waals surface area contributed by atoms with Gasteiger partial charge in [0.25, 0.3) is 0 Å². The first-order valence-corrected chi connectivity index (χ1v) is 6.07. The second-order valence-electron chi connectivity index (χ2n) is 3.51. The Morgan fingerprint density at radius 1 is 1.06 bits per heavy atom. The fraction of sp³-hybridized carbons (Fsp3) is 0.167. The maximum Gasteiger partial charge on any atom is 0.147 e. The molecule has 0 amide bonds. The van der Waals surface area contributed by atoms with Gasteiger partial charge in [-0.3, -0.25) is 0 Å². The lowest BCUT2D eigenvalue weighted by molar-refractivity contribution is 1.00. The molecular weight excluding hydrogens is 313 g/mol.